The van der Waals surface area contributed by atoms with Crippen molar-refractivity contribution in [3.8, 4) is 0 Å². The van der Waals surface area contributed by atoms with Gasteiger partial charge in [0.2, 0.25) is 5.91 Å². The largest absolute Gasteiger partial charge is 0.416 e. The minimum absolute atomic E-state index is 0. The second kappa shape index (κ2) is 8.02. The molecule has 0 radical (unpaired) electrons. The van der Waals surface area contributed by atoms with Crippen molar-refractivity contribution in [1.29, 1.82) is 0 Å². The van der Waals surface area contributed by atoms with Crippen molar-refractivity contribution in [2.75, 3.05) is 13.1 Å². The molecule has 1 aliphatic rings. The van der Waals surface area contributed by atoms with Crippen LogP contribution < -0.4 is 5.73 Å². The molecule has 2 unspecified atom stereocenters. The Bertz CT molecular complexity index is 536. The molecular formula is C16H22ClF3N2O. The minimum atomic E-state index is -4.36. The first-order chi connectivity index (χ1) is 10.3. The second-order valence-electron chi connectivity index (χ2n) is 5.85. The van der Waals surface area contributed by atoms with E-state index in [1.807, 2.05) is 0 Å². The summed E-state index contributed by atoms with van der Waals surface area (Å²) in [5.74, 6) is -0.285. The van der Waals surface area contributed by atoms with Gasteiger partial charge in [-0.3, -0.25) is 4.79 Å². The molecule has 1 amide bonds. The van der Waals surface area contributed by atoms with Crippen LogP contribution in [0.5, 0.6) is 0 Å². The van der Waals surface area contributed by atoms with E-state index in [1.165, 1.54) is 6.07 Å². The van der Waals surface area contributed by atoms with Gasteiger partial charge in [-0.1, -0.05) is 25.1 Å². The maximum Gasteiger partial charge on any atom is 0.416 e. The smallest absolute Gasteiger partial charge is 0.338 e. The molecule has 2 N–H and O–H groups in total. The number of hydrogen-bond donors (Lipinski definition) is 1. The Hall–Kier alpha value is -1.27. The standard InChI is InChI=1S/C16H21F3N2O.ClH/c1-11(8-15(22)21-7-3-6-14(21)10-20)12-4-2-5-13(9-12)16(17,18)19;/h2,4-5,9,11,14H,3,6-8,10,20H2,1H3;1H. The van der Waals surface area contributed by atoms with Crippen LogP contribution in [-0.4, -0.2) is 29.9 Å². The third kappa shape index (κ3) is 4.85. The lowest BCUT2D eigenvalue weighted by molar-refractivity contribution is -0.137. The minimum Gasteiger partial charge on any atom is -0.338 e. The van der Waals surface area contributed by atoms with E-state index >= 15 is 0 Å². The summed E-state index contributed by atoms with van der Waals surface area (Å²) in [5.41, 5.74) is 5.51. The van der Waals surface area contributed by atoms with Crippen LogP contribution in [0.4, 0.5) is 13.2 Å². The first kappa shape index (κ1) is 19.8. The first-order valence-corrected chi connectivity index (χ1v) is 7.49. The molecule has 2 atom stereocenters. The van der Waals surface area contributed by atoms with Crippen molar-refractivity contribution in [3.05, 3.63) is 35.4 Å². The zero-order chi connectivity index (χ0) is 16.3. The van der Waals surface area contributed by atoms with E-state index in [1.54, 1.807) is 17.9 Å². The molecule has 1 aliphatic heterocycles. The molecular weight excluding hydrogens is 329 g/mol. The molecule has 3 nitrogen and oxygen atoms in total. The number of alkyl halides is 3. The van der Waals surface area contributed by atoms with Gasteiger partial charge in [0.25, 0.3) is 0 Å². The zero-order valence-electron chi connectivity index (χ0n) is 13.0. The molecule has 1 aromatic carbocycles. The number of carbonyl (C=O) groups is 1. The van der Waals surface area contributed by atoms with Gasteiger partial charge in [0.15, 0.2) is 0 Å². The number of hydrogen-bond acceptors (Lipinski definition) is 2. The topological polar surface area (TPSA) is 46.3 Å². The van der Waals surface area contributed by atoms with E-state index in [0.717, 1.165) is 25.0 Å². The van der Waals surface area contributed by atoms with Crippen LogP contribution in [0.25, 0.3) is 0 Å². The van der Waals surface area contributed by atoms with Gasteiger partial charge in [0.05, 0.1) is 5.56 Å². The van der Waals surface area contributed by atoms with Gasteiger partial charge >= 0.3 is 6.18 Å². The average molecular weight is 351 g/mol. The Labute approximate surface area is 140 Å². The van der Waals surface area contributed by atoms with Crippen molar-refractivity contribution < 1.29 is 18.0 Å². The summed E-state index contributed by atoms with van der Waals surface area (Å²) in [7, 11) is 0. The molecule has 23 heavy (non-hydrogen) atoms. The quantitative estimate of drug-likeness (QED) is 0.902. The number of likely N-dealkylation sites (tertiary alicyclic amines) is 1. The fraction of sp³-hybridized carbons (Fsp3) is 0.562. The van der Waals surface area contributed by atoms with Crippen LogP contribution in [0.15, 0.2) is 24.3 Å². The Balaban J connectivity index is 0.00000264. The summed E-state index contributed by atoms with van der Waals surface area (Å²) in [6.07, 6.45) is -2.32. The van der Waals surface area contributed by atoms with E-state index in [2.05, 4.69) is 0 Å². The van der Waals surface area contributed by atoms with Crippen LogP contribution in [0.2, 0.25) is 0 Å². The number of nitrogens with zero attached hydrogens (tertiary/aromatic N) is 1. The monoisotopic (exact) mass is 350 g/mol. The molecule has 0 bridgehead atoms. The lowest BCUT2D eigenvalue weighted by atomic mass is 9.95. The van der Waals surface area contributed by atoms with Gasteiger partial charge in [0, 0.05) is 25.6 Å². The number of halogens is 4. The van der Waals surface area contributed by atoms with Crippen LogP contribution >= 0.6 is 12.4 Å². The summed E-state index contributed by atoms with van der Waals surface area (Å²) >= 11 is 0. The van der Waals surface area contributed by atoms with Gasteiger partial charge in [-0.15, -0.1) is 12.4 Å². The molecule has 0 spiro atoms. The highest BCUT2D eigenvalue weighted by Gasteiger charge is 2.32. The highest BCUT2D eigenvalue weighted by molar-refractivity contribution is 5.85. The predicted molar refractivity (Wildman–Crippen MR) is 85.5 cm³/mol. The first-order valence-electron chi connectivity index (χ1n) is 7.49. The van der Waals surface area contributed by atoms with E-state index in [-0.39, 0.29) is 36.7 Å². The Morgan fingerprint density at radius 1 is 1.43 bits per heavy atom. The number of rotatable bonds is 4. The molecule has 1 aromatic rings. The van der Waals surface area contributed by atoms with Crippen molar-refractivity contribution >= 4 is 18.3 Å². The Morgan fingerprint density at radius 3 is 2.74 bits per heavy atom. The lowest BCUT2D eigenvalue weighted by Crippen LogP contribution is -2.40. The Kier molecular flexibility index (Phi) is 6.89. The molecule has 1 saturated heterocycles. The maximum atomic E-state index is 12.7. The average Bonchev–Trinajstić information content (AvgIpc) is 2.95. The van der Waals surface area contributed by atoms with Crippen molar-refractivity contribution in [1.82, 2.24) is 4.90 Å². The van der Waals surface area contributed by atoms with Crippen molar-refractivity contribution in [2.24, 2.45) is 5.73 Å². The second-order valence-corrected chi connectivity index (χ2v) is 5.85. The summed E-state index contributed by atoms with van der Waals surface area (Å²) in [6.45, 7) is 2.90. The fourth-order valence-electron chi connectivity index (χ4n) is 2.93. The third-order valence-electron chi connectivity index (χ3n) is 4.23. The number of amides is 1. The van der Waals surface area contributed by atoms with Gasteiger partial charge in [-0.05, 0) is 30.4 Å². The molecule has 130 valence electrons. The van der Waals surface area contributed by atoms with Gasteiger partial charge in [-0.2, -0.15) is 13.2 Å². The number of benzene rings is 1. The molecule has 0 aromatic heterocycles. The maximum absolute atomic E-state index is 12.7. The van der Waals surface area contributed by atoms with E-state index in [4.69, 9.17) is 5.73 Å². The summed E-state index contributed by atoms with van der Waals surface area (Å²) in [5, 5.41) is 0. The lowest BCUT2D eigenvalue weighted by Gasteiger charge is -2.25. The Morgan fingerprint density at radius 2 is 2.13 bits per heavy atom. The van der Waals surface area contributed by atoms with Gasteiger partial charge in [0.1, 0.15) is 0 Å². The number of nitrogens with two attached hydrogens (primary N) is 1. The molecule has 7 heteroatoms. The van der Waals surface area contributed by atoms with E-state index < -0.39 is 11.7 Å². The van der Waals surface area contributed by atoms with Crippen molar-refractivity contribution in [2.45, 2.75) is 44.3 Å². The highest BCUT2D eigenvalue weighted by Crippen LogP contribution is 2.32. The third-order valence-corrected chi connectivity index (χ3v) is 4.23. The summed E-state index contributed by atoms with van der Waals surface area (Å²) < 4.78 is 38.2. The van der Waals surface area contributed by atoms with Crippen LogP contribution in [0.1, 0.15) is 43.2 Å². The molecule has 1 heterocycles. The van der Waals surface area contributed by atoms with Crippen LogP contribution in [-0.2, 0) is 11.0 Å². The molecule has 0 aliphatic carbocycles. The van der Waals surface area contributed by atoms with Crippen LogP contribution in [0, 0.1) is 0 Å². The number of carbonyl (C=O) groups excluding carboxylic acids is 1. The van der Waals surface area contributed by atoms with Gasteiger partial charge < -0.3 is 10.6 Å². The summed E-state index contributed by atoms with van der Waals surface area (Å²) in [6, 6.07) is 5.27. The molecule has 2 rings (SSSR count). The fourth-order valence-corrected chi connectivity index (χ4v) is 2.93. The molecule has 0 saturated carbocycles. The SMILES string of the molecule is CC(CC(=O)N1CCCC1CN)c1cccc(C(F)(F)F)c1.Cl. The van der Waals surface area contributed by atoms with Crippen molar-refractivity contribution in [3.63, 3.8) is 0 Å². The zero-order valence-corrected chi connectivity index (χ0v) is 13.8. The van der Waals surface area contributed by atoms with Crippen LogP contribution in [0.3, 0.4) is 0 Å². The van der Waals surface area contributed by atoms with E-state index in [0.29, 0.717) is 18.7 Å². The van der Waals surface area contributed by atoms with E-state index in [9.17, 15) is 18.0 Å². The van der Waals surface area contributed by atoms with Gasteiger partial charge in [-0.25, -0.2) is 0 Å². The highest BCUT2D eigenvalue weighted by atomic mass is 35.5. The summed E-state index contributed by atoms with van der Waals surface area (Å²) in [4.78, 5) is 14.1. The predicted octanol–water partition coefficient (Wildman–Crippen LogP) is 3.57. The molecule has 1 fully saturated rings. The normalized spacial score (nSPS) is 19.3.